The Morgan fingerprint density at radius 3 is 1.87 bits per heavy atom. The molecule has 7 heteroatoms. The molecule has 0 aliphatic rings. The molecular weight excluding hydrogens is 380 g/mol. The molecule has 0 saturated carbocycles. The summed E-state index contributed by atoms with van der Waals surface area (Å²) < 4.78 is 0. The number of nitrogens with one attached hydrogen (secondary N) is 4. The molecule has 0 aromatic heterocycles. The van der Waals surface area contributed by atoms with E-state index in [4.69, 9.17) is 0 Å². The third kappa shape index (κ3) is 7.58. The van der Waals surface area contributed by atoms with E-state index in [0.717, 1.165) is 12.1 Å². The first kappa shape index (κ1) is 22.9. The second kappa shape index (κ2) is 10.4. The number of carbonyl (C=O) groups is 3. The molecule has 0 aliphatic carbocycles. The van der Waals surface area contributed by atoms with Gasteiger partial charge in [0.1, 0.15) is 0 Å². The molecule has 4 N–H and O–H groups in total. The number of hydrogen-bond donors (Lipinski definition) is 4. The van der Waals surface area contributed by atoms with Crippen LogP contribution in [0.25, 0.3) is 0 Å². The van der Waals surface area contributed by atoms with E-state index in [2.05, 4.69) is 21.3 Å². The molecule has 0 heterocycles. The Bertz CT molecular complexity index is 869. The summed E-state index contributed by atoms with van der Waals surface area (Å²) in [5.41, 5.74) is 2.16. The molecule has 0 bridgehead atoms. The summed E-state index contributed by atoms with van der Waals surface area (Å²) in [6.45, 7) is 8.47. The Labute approximate surface area is 177 Å². The summed E-state index contributed by atoms with van der Waals surface area (Å²) in [6, 6.07) is 13.7. The van der Waals surface area contributed by atoms with Crippen molar-refractivity contribution in [2.45, 2.75) is 39.7 Å². The standard InChI is InChI=1S/C23H30N4O3/c1-5-14-24-21(29)16-8-12-19(13-9-16)26-20(28)15-25-18-10-6-17(7-11-18)22(30)27-23(2,3)4/h6-13,25H,5,14-15H2,1-4H3,(H,24,29)(H,26,28)(H,27,30). The maximum atomic E-state index is 12.2. The van der Waals surface area contributed by atoms with Gasteiger partial charge in [-0.25, -0.2) is 0 Å². The van der Waals surface area contributed by atoms with Crippen LogP contribution in [0.15, 0.2) is 48.5 Å². The molecule has 0 atom stereocenters. The molecule has 7 nitrogen and oxygen atoms in total. The van der Waals surface area contributed by atoms with Crippen LogP contribution in [0.5, 0.6) is 0 Å². The Morgan fingerprint density at radius 2 is 1.33 bits per heavy atom. The Balaban J connectivity index is 1.83. The molecule has 0 radical (unpaired) electrons. The molecule has 0 fully saturated rings. The van der Waals surface area contributed by atoms with Crippen LogP contribution < -0.4 is 21.3 Å². The van der Waals surface area contributed by atoms with Crippen molar-refractivity contribution in [1.29, 1.82) is 0 Å². The summed E-state index contributed by atoms with van der Waals surface area (Å²) in [5.74, 6) is -0.484. The van der Waals surface area contributed by atoms with E-state index in [9.17, 15) is 14.4 Å². The first-order valence-electron chi connectivity index (χ1n) is 10.0. The zero-order valence-corrected chi connectivity index (χ0v) is 18.0. The largest absolute Gasteiger partial charge is 0.376 e. The number of benzene rings is 2. The van der Waals surface area contributed by atoms with Gasteiger partial charge in [0.05, 0.1) is 6.54 Å². The van der Waals surface area contributed by atoms with Gasteiger partial charge in [-0.15, -0.1) is 0 Å². The van der Waals surface area contributed by atoms with Crippen molar-refractivity contribution in [3.8, 4) is 0 Å². The zero-order valence-electron chi connectivity index (χ0n) is 18.0. The van der Waals surface area contributed by atoms with Crippen LogP contribution in [-0.2, 0) is 4.79 Å². The van der Waals surface area contributed by atoms with Gasteiger partial charge in [0.25, 0.3) is 11.8 Å². The average molecular weight is 411 g/mol. The Hall–Kier alpha value is -3.35. The minimum absolute atomic E-state index is 0.0757. The molecule has 2 aromatic rings. The fourth-order valence-electron chi connectivity index (χ4n) is 2.59. The number of anilines is 2. The van der Waals surface area contributed by atoms with Gasteiger partial charge in [-0.1, -0.05) is 6.92 Å². The molecule has 3 amide bonds. The van der Waals surface area contributed by atoms with Gasteiger partial charge in [-0.05, 0) is 75.7 Å². The number of carbonyl (C=O) groups excluding carboxylic acids is 3. The average Bonchev–Trinajstić information content (AvgIpc) is 2.70. The van der Waals surface area contributed by atoms with Gasteiger partial charge in [-0.3, -0.25) is 14.4 Å². The monoisotopic (exact) mass is 410 g/mol. The highest BCUT2D eigenvalue weighted by Crippen LogP contribution is 2.12. The summed E-state index contributed by atoms with van der Waals surface area (Å²) in [4.78, 5) is 36.2. The lowest BCUT2D eigenvalue weighted by Crippen LogP contribution is -2.40. The third-order valence-electron chi connectivity index (χ3n) is 4.06. The first-order valence-corrected chi connectivity index (χ1v) is 10.0. The zero-order chi connectivity index (χ0) is 22.1. The van der Waals surface area contributed by atoms with E-state index < -0.39 is 0 Å². The molecule has 0 unspecified atom stereocenters. The minimum atomic E-state index is -0.302. The van der Waals surface area contributed by atoms with Gasteiger partial charge < -0.3 is 21.3 Å². The summed E-state index contributed by atoms with van der Waals surface area (Å²) in [7, 11) is 0. The molecule has 0 spiro atoms. The molecule has 2 rings (SSSR count). The van der Waals surface area contributed by atoms with E-state index in [1.807, 2.05) is 27.7 Å². The van der Waals surface area contributed by atoms with Crippen molar-refractivity contribution in [1.82, 2.24) is 10.6 Å². The van der Waals surface area contributed by atoms with Gasteiger partial charge in [0.15, 0.2) is 0 Å². The highest BCUT2D eigenvalue weighted by molar-refractivity contribution is 5.97. The highest BCUT2D eigenvalue weighted by atomic mass is 16.2. The topological polar surface area (TPSA) is 99.3 Å². The van der Waals surface area contributed by atoms with Crippen molar-refractivity contribution in [3.05, 3.63) is 59.7 Å². The van der Waals surface area contributed by atoms with E-state index >= 15 is 0 Å². The van der Waals surface area contributed by atoms with E-state index in [0.29, 0.717) is 23.4 Å². The molecule has 30 heavy (non-hydrogen) atoms. The predicted molar refractivity (Wildman–Crippen MR) is 120 cm³/mol. The van der Waals surface area contributed by atoms with E-state index in [1.54, 1.807) is 48.5 Å². The Morgan fingerprint density at radius 1 is 0.800 bits per heavy atom. The summed E-state index contributed by atoms with van der Waals surface area (Å²) in [6.07, 6.45) is 0.875. The van der Waals surface area contributed by atoms with Crippen LogP contribution in [0, 0.1) is 0 Å². The maximum absolute atomic E-state index is 12.2. The second-order valence-corrected chi connectivity index (χ2v) is 8.02. The Kier molecular flexibility index (Phi) is 7.98. The SMILES string of the molecule is CCCNC(=O)c1ccc(NC(=O)CNc2ccc(C(=O)NC(C)(C)C)cc2)cc1. The van der Waals surface area contributed by atoms with Crippen molar-refractivity contribution >= 4 is 29.1 Å². The first-order chi connectivity index (χ1) is 14.2. The summed E-state index contributed by atoms with van der Waals surface area (Å²) >= 11 is 0. The molecule has 2 aromatic carbocycles. The van der Waals surface area contributed by atoms with Crippen LogP contribution in [0.2, 0.25) is 0 Å². The van der Waals surface area contributed by atoms with Crippen LogP contribution in [0.1, 0.15) is 54.8 Å². The van der Waals surface area contributed by atoms with Crippen LogP contribution in [0.3, 0.4) is 0 Å². The highest BCUT2D eigenvalue weighted by Gasteiger charge is 2.15. The molecule has 0 saturated heterocycles. The van der Waals surface area contributed by atoms with Crippen molar-refractivity contribution < 1.29 is 14.4 Å². The number of rotatable bonds is 8. The third-order valence-corrected chi connectivity index (χ3v) is 4.06. The van der Waals surface area contributed by atoms with Crippen LogP contribution >= 0.6 is 0 Å². The van der Waals surface area contributed by atoms with E-state index in [1.165, 1.54) is 0 Å². The van der Waals surface area contributed by atoms with E-state index in [-0.39, 0.29) is 29.8 Å². The van der Waals surface area contributed by atoms with Crippen molar-refractivity contribution in [2.75, 3.05) is 23.7 Å². The minimum Gasteiger partial charge on any atom is -0.376 e. The normalized spacial score (nSPS) is 10.8. The molecular formula is C23H30N4O3. The fourth-order valence-corrected chi connectivity index (χ4v) is 2.59. The number of amides is 3. The lowest BCUT2D eigenvalue weighted by atomic mass is 10.1. The van der Waals surface area contributed by atoms with Crippen molar-refractivity contribution in [3.63, 3.8) is 0 Å². The van der Waals surface area contributed by atoms with Crippen LogP contribution in [0.4, 0.5) is 11.4 Å². The molecule has 160 valence electrons. The second-order valence-electron chi connectivity index (χ2n) is 8.02. The lowest BCUT2D eigenvalue weighted by molar-refractivity contribution is -0.114. The van der Waals surface area contributed by atoms with Crippen molar-refractivity contribution in [2.24, 2.45) is 0 Å². The fraction of sp³-hybridized carbons (Fsp3) is 0.348. The lowest BCUT2D eigenvalue weighted by Gasteiger charge is -2.20. The van der Waals surface area contributed by atoms with Gasteiger partial charge in [0, 0.05) is 34.6 Å². The smallest absolute Gasteiger partial charge is 0.251 e. The van der Waals surface area contributed by atoms with Gasteiger partial charge >= 0.3 is 0 Å². The maximum Gasteiger partial charge on any atom is 0.251 e. The quantitative estimate of drug-likeness (QED) is 0.536. The molecule has 0 aliphatic heterocycles. The predicted octanol–water partition coefficient (Wildman–Crippen LogP) is 3.41. The van der Waals surface area contributed by atoms with Gasteiger partial charge in [0.2, 0.25) is 5.91 Å². The number of hydrogen-bond acceptors (Lipinski definition) is 4. The van der Waals surface area contributed by atoms with Gasteiger partial charge in [-0.2, -0.15) is 0 Å². The summed E-state index contributed by atoms with van der Waals surface area (Å²) in [5, 5.41) is 11.5. The van der Waals surface area contributed by atoms with Crippen LogP contribution in [-0.4, -0.2) is 36.3 Å².